The van der Waals surface area contributed by atoms with Gasteiger partial charge in [-0.15, -0.1) is 0 Å². The third-order valence-electron chi connectivity index (χ3n) is 2.59. The Bertz CT molecular complexity index is 277. The van der Waals surface area contributed by atoms with Gasteiger partial charge in [0.1, 0.15) is 0 Å². The number of nitrogens with one attached hydrogen (secondary N) is 1. The van der Waals surface area contributed by atoms with Crippen LogP contribution < -0.4 is 11.1 Å². The number of nitrogens with two attached hydrogens (primary N) is 1. The molecule has 1 aliphatic rings. The molecule has 0 aliphatic carbocycles. The maximum atomic E-state index is 11.7. The Hall–Kier alpha value is -1.34. The first kappa shape index (κ1) is 13.7. The molecule has 7 heteroatoms. The highest BCUT2D eigenvalue weighted by molar-refractivity contribution is 6.01. The summed E-state index contributed by atoms with van der Waals surface area (Å²) in [6.07, 6.45) is 0.349. The first-order valence-corrected chi connectivity index (χ1v) is 5.63. The molecule has 1 rings (SSSR count). The quantitative estimate of drug-likeness (QED) is 0.257. The van der Waals surface area contributed by atoms with Gasteiger partial charge < -0.3 is 25.7 Å². The van der Waals surface area contributed by atoms with Crippen molar-refractivity contribution in [2.24, 2.45) is 16.8 Å². The van der Waals surface area contributed by atoms with Gasteiger partial charge in [0.05, 0.1) is 31.8 Å². The maximum absolute atomic E-state index is 11.7. The Morgan fingerprint density at radius 2 is 2.41 bits per heavy atom. The van der Waals surface area contributed by atoms with Gasteiger partial charge in [-0.05, 0) is 6.42 Å². The highest BCUT2D eigenvalue weighted by Crippen LogP contribution is 2.04. The van der Waals surface area contributed by atoms with Crippen LogP contribution in [0.2, 0.25) is 0 Å². The fraction of sp³-hybridized carbons (Fsp3) is 0.800. The summed E-state index contributed by atoms with van der Waals surface area (Å²) in [6.45, 7) is 3.77. The highest BCUT2D eigenvalue weighted by atomic mass is 16.6. The standard InChI is InChI=1S/C10H19N3O4/c1-2-8(9(11)13-15)10(14)12-5-7-6-16-3-4-17-7/h7-8,15H,2-6H2,1H3,(H2,11,13)(H,12,14). The minimum Gasteiger partial charge on any atom is -0.409 e. The maximum Gasteiger partial charge on any atom is 0.230 e. The van der Waals surface area contributed by atoms with Crippen molar-refractivity contribution in [1.82, 2.24) is 5.32 Å². The molecule has 17 heavy (non-hydrogen) atoms. The van der Waals surface area contributed by atoms with E-state index in [1.54, 1.807) is 6.92 Å². The number of carbonyl (C=O) groups excluding carboxylic acids is 1. The zero-order chi connectivity index (χ0) is 12.7. The molecule has 0 saturated carbocycles. The highest BCUT2D eigenvalue weighted by Gasteiger charge is 2.22. The van der Waals surface area contributed by atoms with Crippen LogP contribution in [0.15, 0.2) is 5.16 Å². The first-order valence-electron chi connectivity index (χ1n) is 5.63. The lowest BCUT2D eigenvalue weighted by molar-refractivity contribution is -0.125. The smallest absolute Gasteiger partial charge is 0.230 e. The summed E-state index contributed by atoms with van der Waals surface area (Å²) in [5.41, 5.74) is 5.42. The van der Waals surface area contributed by atoms with Gasteiger partial charge in [0.15, 0.2) is 5.84 Å². The van der Waals surface area contributed by atoms with Crippen LogP contribution in [0.3, 0.4) is 0 Å². The van der Waals surface area contributed by atoms with Crippen LogP contribution in [0, 0.1) is 5.92 Å². The minimum absolute atomic E-state index is 0.0780. The zero-order valence-electron chi connectivity index (χ0n) is 9.89. The van der Waals surface area contributed by atoms with Crippen molar-refractivity contribution < 1.29 is 19.5 Å². The van der Waals surface area contributed by atoms with Gasteiger partial charge in [-0.3, -0.25) is 4.79 Å². The number of amidine groups is 1. The molecular weight excluding hydrogens is 226 g/mol. The third-order valence-corrected chi connectivity index (χ3v) is 2.59. The van der Waals surface area contributed by atoms with Crippen molar-refractivity contribution in [1.29, 1.82) is 0 Å². The fourth-order valence-electron chi connectivity index (χ4n) is 1.59. The Kier molecular flexibility index (Phi) is 5.71. The van der Waals surface area contributed by atoms with E-state index in [0.29, 0.717) is 32.8 Å². The summed E-state index contributed by atoms with van der Waals surface area (Å²) in [7, 11) is 0. The summed E-state index contributed by atoms with van der Waals surface area (Å²) >= 11 is 0. The summed E-state index contributed by atoms with van der Waals surface area (Å²) in [6, 6.07) is 0. The van der Waals surface area contributed by atoms with E-state index in [9.17, 15) is 4.79 Å². The number of rotatable bonds is 5. The number of nitrogens with zero attached hydrogens (tertiary/aromatic N) is 1. The Morgan fingerprint density at radius 1 is 1.65 bits per heavy atom. The van der Waals surface area contributed by atoms with Crippen LogP contribution in [0.5, 0.6) is 0 Å². The molecule has 1 amide bonds. The van der Waals surface area contributed by atoms with Crippen molar-refractivity contribution in [3.63, 3.8) is 0 Å². The predicted octanol–water partition coefficient (Wildman–Crippen LogP) is -0.709. The van der Waals surface area contributed by atoms with Crippen molar-refractivity contribution in [2.75, 3.05) is 26.4 Å². The van der Waals surface area contributed by atoms with Crippen molar-refractivity contribution in [3.8, 4) is 0 Å². The second-order valence-electron chi connectivity index (χ2n) is 3.80. The molecule has 2 unspecified atom stereocenters. The molecule has 1 saturated heterocycles. The third kappa shape index (κ3) is 4.20. The molecule has 0 bridgehead atoms. The Balaban J connectivity index is 2.36. The van der Waals surface area contributed by atoms with Gasteiger partial charge in [-0.2, -0.15) is 0 Å². The summed E-state index contributed by atoms with van der Waals surface area (Å²) in [4.78, 5) is 11.7. The fourth-order valence-corrected chi connectivity index (χ4v) is 1.59. The van der Waals surface area contributed by atoms with Gasteiger partial charge in [0.25, 0.3) is 0 Å². The molecule has 0 aromatic heterocycles. The Morgan fingerprint density at radius 3 is 2.94 bits per heavy atom. The molecule has 98 valence electrons. The molecular formula is C10H19N3O4. The molecule has 7 nitrogen and oxygen atoms in total. The van der Waals surface area contributed by atoms with E-state index in [1.807, 2.05) is 0 Å². The zero-order valence-corrected chi connectivity index (χ0v) is 9.89. The average Bonchev–Trinajstić information content (AvgIpc) is 2.38. The van der Waals surface area contributed by atoms with Crippen LogP contribution in [-0.4, -0.2) is 49.4 Å². The summed E-state index contributed by atoms with van der Waals surface area (Å²) in [5.74, 6) is -0.952. The molecule has 0 spiro atoms. The van der Waals surface area contributed by atoms with Crippen molar-refractivity contribution in [2.45, 2.75) is 19.4 Å². The first-order chi connectivity index (χ1) is 8.19. The molecule has 4 N–H and O–H groups in total. The van der Waals surface area contributed by atoms with Crippen LogP contribution in [0.25, 0.3) is 0 Å². The molecule has 1 fully saturated rings. The number of hydrogen-bond acceptors (Lipinski definition) is 5. The number of carbonyl (C=O) groups is 1. The van der Waals surface area contributed by atoms with Crippen molar-refractivity contribution in [3.05, 3.63) is 0 Å². The number of hydrogen-bond donors (Lipinski definition) is 3. The normalized spacial score (nSPS) is 23.1. The van der Waals surface area contributed by atoms with Gasteiger partial charge >= 0.3 is 0 Å². The Labute approximate surface area is 99.9 Å². The van der Waals surface area contributed by atoms with E-state index in [2.05, 4.69) is 10.5 Å². The largest absolute Gasteiger partial charge is 0.409 e. The minimum atomic E-state index is -0.607. The number of ether oxygens (including phenoxy) is 2. The van der Waals surface area contributed by atoms with Gasteiger partial charge in [0.2, 0.25) is 5.91 Å². The molecule has 2 atom stereocenters. The van der Waals surface area contributed by atoms with Crippen molar-refractivity contribution >= 4 is 11.7 Å². The number of amides is 1. The van der Waals surface area contributed by atoms with Gasteiger partial charge in [0, 0.05) is 6.54 Å². The van der Waals surface area contributed by atoms with Crippen LogP contribution in [0.4, 0.5) is 0 Å². The molecule has 1 heterocycles. The SMILES string of the molecule is CCC(C(=O)NCC1COCCO1)C(N)=NO. The predicted molar refractivity (Wildman–Crippen MR) is 60.8 cm³/mol. The lowest BCUT2D eigenvalue weighted by atomic mass is 10.0. The lowest BCUT2D eigenvalue weighted by Crippen LogP contribution is -2.44. The molecule has 0 aromatic carbocycles. The van der Waals surface area contributed by atoms with Gasteiger partial charge in [-0.1, -0.05) is 12.1 Å². The van der Waals surface area contributed by atoms with Crippen LogP contribution in [0.1, 0.15) is 13.3 Å². The average molecular weight is 245 g/mol. The van der Waals surface area contributed by atoms with E-state index < -0.39 is 5.92 Å². The summed E-state index contributed by atoms with van der Waals surface area (Å²) in [5, 5.41) is 14.1. The second-order valence-corrected chi connectivity index (χ2v) is 3.80. The molecule has 1 aliphatic heterocycles. The van der Waals surface area contributed by atoms with E-state index in [4.69, 9.17) is 20.4 Å². The summed E-state index contributed by atoms with van der Waals surface area (Å²) < 4.78 is 10.6. The molecule has 0 aromatic rings. The van der Waals surface area contributed by atoms with E-state index in [0.717, 1.165) is 0 Å². The van der Waals surface area contributed by atoms with E-state index in [1.165, 1.54) is 0 Å². The monoisotopic (exact) mass is 245 g/mol. The molecule has 0 radical (unpaired) electrons. The van der Waals surface area contributed by atoms with Crippen LogP contribution >= 0.6 is 0 Å². The number of oxime groups is 1. The lowest BCUT2D eigenvalue weighted by Gasteiger charge is -2.24. The topological polar surface area (TPSA) is 106 Å². The second kappa shape index (κ2) is 7.08. The van der Waals surface area contributed by atoms with Crippen LogP contribution in [-0.2, 0) is 14.3 Å². The van der Waals surface area contributed by atoms with E-state index in [-0.39, 0.29) is 17.8 Å². The van der Waals surface area contributed by atoms with Gasteiger partial charge in [-0.25, -0.2) is 0 Å². The van der Waals surface area contributed by atoms with E-state index >= 15 is 0 Å².